The Morgan fingerprint density at radius 2 is 1.65 bits per heavy atom. The summed E-state index contributed by atoms with van der Waals surface area (Å²) in [5, 5.41) is 8.61. The van der Waals surface area contributed by atoms with Gasteiger partial charge >= 0.3 is 5.97 Å². The number of oxime groups is 2. The summed E-state index contributed by atoms with van der Waals surface area (Å²) < 4.78 is 4.78. The Morgan fingerprint density at radius 3 is 2.26 bits per heavy atom. The molecule has 31 heavy (non-hydrogen) atoms. The zero-order valence-electron chi connectivity index (χ0n) is 18.8. The highest BCUT2D eigenvalue weighted by Gasteiger charge is 2.19. The number of carbonyl (C=O) groups is 1. The third-order valence-corrected chi connectivity index (χ3v) is 4.24. The van der Waals surface area contributed by atoms with Gasteiger partial charge in [-0.3, -0.25) is 0 Å². The summed E-state index contributed by atoms with van der Waals surface area (Å²) in [6.07, 6.45) is 1.92. The Hall–Kier alpha value is -3.12. The van der Waals surface area contributed by atoms with Crippen LogP contribution in [0.2, 0.25) is 5.02 Å². The molecule has 7 heteroatoms. The molecule has 2 aromatic carbocycles. The molecule has 0 atom stereocenters. The molecule has 0 N–H and O–H groups in total. The number of methoxy groups -OCH3 is 1. The number of hydrogen-bond donors (Lipinski definition) is 0. The lowest BCUT2D eigenvalue weighted by Crippen LogP contribution is -2.19. The van der Waals surface area contributed by atoms with E-state index in [2.05, 4.69) is 10.3 Å². The molecule has 0 unspecified atom stereocenters. The van der Waals surface area contributed by atoms with Crippen molar-refractivity contribution in [3.05, 3.63) is 76.3 Å². The smallest absolute Gasteiger partial charge is 0.360 e. The van der Waals surface area contributed by atoms with Gasteiger partial charge in [0, 0.05) is 16.1 Å². The van der Waals surface area contributed by atoms with Crippen molar-refractivity contribution >= 4 is 34.6 Å². The van der Waals surface area contributed by atoms with Crippen molar-refractivity contribution in [3.8, 4) is 0 Å². The Kier molecular flexibility index (Phi) is 11.7. The zero-order valence-corrected chi connectivity index (χ0v) is 19.6. The number of allylic oxidation sites excluding steroid dienone is 2. The van der Waals surface area contributed by atoms with Crippen LogP contribution in [0, 0.1) is 0 Å². The third-order valence-electron chi connectivity index (χ3n) is 3.99. The van der Waals surface area contributed by atoms with Crippen molar-refractivity contribution in [3.63, 3.8) is 0 Å². The molecule has 0 saturated heterocycles. The van der Waals surface area contributed by atoms with Crippen LogP contribution < -0.4 is 0 Å². The van der Waals surface area contributed by atoms with Crippen molar-refractivity contribution < 1.29 is 19.2 Å². The summed E-state index contributed by atoms with van der Waals surface area (Å²) in [6.45, 7) is 7.99. The highest BCUT2D eigenvalue weighted by Crippen LogP contribution is 2.17. The SMILES string of the molecule is CC.CO/N=C(/C(=O)OC)c1ccccc1CO/N=C(C)/C=C(\C)c1ccc(Cl)cc1. The van der Waals surface area contributed by atoms with Crippen molar-refractivity contribution in [1.29, 1.82) is 0 Å². The van der Waals surface area contributed by atoms with Crippen LogP contribution in [0.4, 0.5) is 0 Å². The van der Waals surface area contributed by atoms with E-state index in [4.69, 9.17) is 26.0 Å². The Labute approximate surface area is 189 Å². The van der Waals surface area contributed by atoms with Crippen LogP contribution in [0.5, 0.6) is 0 Å². The number of carbonyl (C=O) groups excluding carboxylic acids is 1. The molecule has 6 nitrogen and oxygen atoms in total. The quantitative estimate of drug-likeness (QED) is 0.289. The van der Waals surface area contributed by atoms with Gasteiger partial charge in [0.25, 0.3) is 0 Å². The molecular weight excluding hydrogens is 416 g/mol. The van der Waals surface area contributed by atoms with Crippen molar-refractivity contribution in [1.82, 2.24) is 0 Å². The number of rotatable bonds is 8. The van der Waals surface area contributed by atoms with E-state index in [0.717, 1.165) is 16.7 Å². The lowest BCUT2D eigenvalue weighted by atomic mass is 10.0. The van der Waals surface area contributed by atoms with Crippen LogP contribution in [0.15, 0.2) is 64.9 Å². The molecule has 0 aliphatic carbocycles. The predicted octanol–water partition coefficient (Wildman–Crippen LogP) is 5.89. The lowest BCUT2D eigenvalue weighted by Gasteiger charge is -2.09. The summed E-state index contributed by atoms with van der Waals surface area (Å²) in [5.74, 6) is -0.597. The fraction of sp³-hybridized carbons (Fsp3) is 0.292. The second kappa shape index (κ2) is 14.0. The molecule has 2 rings (SSSR count). The normalized spacial score (nSPS) is 11.9. The molecule has 0 aromatic heterocycles. The van der Waals surface area contributed by atoms with Gasteiger partial charge in [0.15, 0.2) is 5.71 Å². The van der Waals surface area contributed by atoms with Crippen LogP contribution in [0.3, 0.4) is 0 Å². The monoisotopic (exact) mass is 444 g/mol. The second-order valence-corrected chi connectivity index (χ2v) is 6.55. The van der Waals surface area contributed by atoms with E-state index >= 15 is 0 Å². The van der Waals surface area contributed by atoms with E-state index in [-0.39, 0.29) is 12.3 Å². The van der Waals surface area contributed by atoms with Gasteiger partial charge in [-0.05, 0) is 43.2 Å². The standard InChI is InChI=1S/C22H23ClN2O4.C2H6/c1-15(17-9-11-19(23)12-10-17)13-16(2)24-29-14-18-7-5-6-8-20(18)21(25-28-4)22(26)27-3;1-2/h5-13H,14H2,1-4H3;1-2H3/b15-13+,24-16+,25-21+;. The Morgan fingerprint density at radius 1 is 1.00 bits per heavy atom. The van der Waals surface area contributed by atoms with E-state index in [1.165, 1.54) is 14.2 Å². The van der Waals surface area contributed by atoms with E-state index in [1.807, 2.05) is 70.2 Å². The molecule has 0 fully saturated rings. The molecule has 0 saturated carbocycles. The van der Waals surface area contributed by atoms with Crippen LogP contribution >= 0.6 is 11.6 Å². The van der Waals surface area contributed by atoms with Gasteiger partial charge in [-0.25, -0.2) is 4.79 Å². The predicted molar refractivity (Wildman–Crippen MR) is 126 cm³/mol. The Balaban J connectivity index is 0.00000233. The van der Waals surface area contributed by atoms with E-state index in [9.17, 15) is 4.79 Å². The van der Waals surface area contributed by atoms with Gasteiger partial charge in [-0.1, -0.05) is 72.2 Å². The summed E-state index contributed by atoms with van der Waals surface area (Å²) >= 11 is 5.92. The maximum atomic E-state index is 12.0. The van der Waals surface area contributed by atoms with E-state index in [1.54, 1.807) is 12.1 Å². The van der Waals surface area contributed by atoms with Gasteiger partial charge in [-0.15, -0.1) is 0 Å². The van der Waals surface area contributed by atoms with Crippen molar-refractivity contribution in [2.75, 3.05) is 14.2 Å². The minimum atomic E-state index is -0.597. The maximum Gasteiger partial charge on any atom is 0.360 e. The molecular formula is C24H29ClN2O4. The van der Waals surface area contributed by atoms with Gasteiger partial charge in [0.1, 0.15) is 13.7 Å². The van der Waals surface area contributed by atoms with Crippen LogP contribution in [-0.4, -0.2) is 31.6 Å². The maximum absolute atomic E-state index is 12.0. The van der Waals surface area contributed by atoms with E-state index < -0.39 is 5.97 Å². The molecule has 0 heterocycles. The number of esters is 1. The number of halogens is 1. The fourth-order valence-electron chi connectivity index (χ4n) is 2.60. The lowest BCUT2D eigenvalue weighted by molar-refractivity contribution is -0.132. The first-order chi connectivity index (χ1) is 15.0. The van der Waals surface area contributed by atoms with Gasteiger partial charge in [-0.2, -0.15) is 0 Å². The molecule has 0 amide bonds. The van der Waals surface area contributed by atoms with Gasteiger partial charge in [0.05, 0.1) is 12.8 Å². The van der Waals surface area contributed by atoms with Crippen LogP contribution in [0.1, 0.15) is 44.4 Å². The topological polar surface area (TPSA) is 69.5 Å². The highest BCUT2D eigenvalue weighted by molar-refractivity contribution is 6.43. The van der Waals surface area contributed by atoms with Crippen molar-refractivity contribution in [2.24, 2.45) is 10.3 Å². The fourth-order valence-corrected chi connectivity index (χ4v) is 2.73. The molecule has 0 spiro atoms. The highest BCUT2D eigenvalue weighted by atomic mass is 35.5. The molecule has 0 aliphatic heterocycles. The van der Waals surface area contributed by atoms with E-state index in [0.29, 0.717) is 16.3 Å². The summed E-state index contributed by atoms with van der Waals surface area (Å²) in [6, 6.07) is 14.8. The molecule has 2 aromatic rings. The average molecular weight is 445 g/mol. The van der Waals surface area contributed by atoms with Crippen LogP contribution in [-0.2, 0) is 25.8 Å². The number of hydrogen-bond acceptors (Lipinski definition) is 6. The summed E-state index contributed by atoms with van der Waals surface area (Å²) in [5.41, 5.74) is 4.13. The summed E-state index contributed by atoms with van der Waals surface area (Å²) in [4.78, 5) is 22.3. The molecule has 0 aliphatic rings. The van der Waals surface area contributed by atoms with Crippen molar-refractivity contribution in [2.45, 2.75) is 34.3 Å². The largest absolute Gasteiger partial charge is 0.464 e. The molecule has 166 valence electrons. The minimum absolute atomic E-state index is 0.0633. The van der Waals surface area contributed by atoms with Crippen LogP contribution in [0.25, 0.3) is 5.57 Å². The average Bonchev–Trinajstić information content (AvgIpc) is 2.79. The van der Waals surface area contributed by atoms with Gasteiger partial charge in [0.2, 0.25) is 0 Å². The number of nitrogens with zero attached hydrogens (tertiary/aromatic N) is 2. The summed E-state index contributed by atoms with van der Waals surface area (Å²) in [7, 11) is 2.65. The second-order valence-electron chi connectivity index (χ2n) is 6.11. The molecule has 0 bridgehead atoms. The first-order valence-corrected chi connectivity index (χ1v) is 10.2. The first-order valence-electron chi connectivity index (χ1n) is 9.84. The first kappa shape index (κ1) is 25.9. The third kappa shape index (κ3) is 8.26. The number of ether oxygens (including phenoxy) is 1. The number of benzene rings is 2. The minimum Gasteiger partial charge on any atom is -0.464 e. The zero-order chi connectivity index (χ0) is 23.2. The molecule has 0 radical (unpaired) electrons. The Bertz CT molecular complexity index is 935. The van der Waals surface area contributed by atoms with Gasteiger partial charge < -0.3 is 14.4 Å².